The number of rotatable bonds is 0. The van der Waals surface area contributed by atoms with Gasteiger partial charge in [0.05, 0.1) is 11.8 Å². The molecule has 0 unspecified atom stereocenters. The van der Waals surface area contributed by atoms with E-state index in [4.69, 9.17) is 9.15 Å². The van der Waals surface area contributed by atoms with Gasteiger partial charge in [-0.15, -0.1) is 0 Å². The molecular formula is C11H15NO2. The van der Waals surface area contributed by atoms with Gasteiger partial charge in [0, 0.05) is 19.8 Å². The Morgan fingerprint density at radius 3 is 3.00 bits per heavy atom. The second-order valence-electron chi connectivity index (χ2n) is 4.15. The Hall–Kier alpha value is -0.800. The number of hydrogen-bond donors (Lipinski definition) is 1. The van der Waals surface area contributed by atoms with Crippen molar-refractivity contribution in [3.8, 4) is 0 Å². The zero-order chi connectivity index (χ0) is 9.43. The van der Waals surface area contributed by atoms with Crippen LogP contribution in [0.5, 0.6) is 0 Å². The molecule has 1 N–H and O–H groups in total. The fourth-order valence-corrected chi connectivity index (χ4v) is 2.59. The summed E-state index contributed by atoms with van der Waals surface area (Å²) in [5.41, 5.74) is 1.46. The predicted molar refractivity (Wildman–Crippen MR) is 52.1 cm³/mol. The van der Waals surface area contributed by atoms with E-state index in [0.29, 0.717) is 0 Å². The molecule has 1 aromatic heterocycles. The topological polar surface area (TPSA) is 34.4 Å². The van der Waals surface area contributed by atoms with E-state index in [0.717, 1.165) is 44.8 Å². The van der Waals surface area contributed by atoms with Gasteiger partial charge in [0.2, 0.25) is 0 Å². The summed E-state index contributed by atoms with van der Waals surface area (Å²) in [5, 5.41) is 3.60. The third kappa shape index (κ3) is 1.12. The lowest BCUT2D eigenvalue weighted by molar-refractivity contribution is 0.0245. The fourth-order valence-electron chi connectivity index (χ4n) is 2.59. The number of ether oxygens (including phenoxy) is 1. The van der Waals surface area contributed by atoms with Gasteiger partial charge in [-0.25, -0.2) is 0 Å². The third-order valence-corrected chi connectivity index (χ3v) is 3.39. The van der Waals surface area contributed by atoms with Crippen LogP contribution in [-0.2, 0) is 16.7 Å². The van der Waals surface area contributed by atoms with E-state index < -0.39 is 0 Å². The zero-order valence-electron chi connectivity index (χ0n) is 8.21. The normalized spacial score (nSPS) is 24.9. The zero-order valence-corrected chi connectivity index (χ0v) is 8.21. The Kier molecular flexibility index (Phi) is 1.89. The molecule has 3 nitrogen and oxygen atoms in total. The average Bonchev–Trinajstić information content (AvgIpc) is 2.69. The van der Waals surface area contributed by atoms with Crippen molar-refractivity contribution in [3.63, 3.8) is 0 Å². The summed E-state index contributed by atoms with van der Waals surface area (Å²) in [4.78, 5) is 0. The van der Waals surface area contributed by atoms with E-state index in [1.54, 1.807) is 0 Å². The van der Waals surface area contributed by atoms with Crippen LogP contribution in [0.2, 0.25) is 0 Å². The molecule has 1 aromatic rings. The van der Waals surface area contributed by atoms with Crippen molar-refractivity contribution in [1.29, 1.82) is 0 Å². The molecule has 3 heterocycles. The second-order valence-corrected chi connectivity index (χ2v) is 4.15. The lowest BCUT2D eigenvalue weighted by atomic mass is 9.82. The molecule has 3 rings (SSSR count). The molecule has 0 aromatic carbocycles. The Labute approximate surface area is 83.4 Å². The Balaban J connectivity index is 2.01. The van der Waals surface area contributed by atoms with Gasteiger partial charge in [0.25, 0.3) is 0 Å². The molecule has 0 saturated carbocycles. The van der Waals surface area contributed by atoms with Gasteiger partial charge >= 0.3 is 0 Å². The van der Waals surface area contributed by atoms with Crippen LogP contribution >= 0.6 is 0 Å². The first-order valence-corrected chi connectivity index (χ1v) is 5.30. The van der Waals surface area contributed by atoms with Crippen molar-refractivity contribution in [3.05, 3.63) is 23.7 Å². The fraction of sp³-hybridized carbons (Fsp3) is 0.636. The lowest BCUT2D eigenvalue weighted by Gasteiger charge is -2.39. The van der Waals surface area contributed by atoms with Crippen LogP contribution in [0.15, 0.2) is 16.7 Å². The molecular weight excluding hydrogens is 178 g/mol. The van der Waals surface area contributed by atoms with Crippen molar-refractivity contribution < 1.29 is 9.15 Å². The Bertz CT molecular complexity index is 326. The van der Waals surface area contributed by atoms with Crippen LogP contribution in [-0.4, -0.2) is 19.8 Å². The van der Waals surface area contributed by atoms with E-state index in [1.165, 1.54) is 5.56 Å². The first-order chi connectivity index (χ1) is 6.91. The van der Waals surface area contributed by atoms with Gasteiger partial charge in [-0.2, -0.15) is 0 Å². The van der Waals surface area contributed by atoms with Crippen LogP contribution in [0, 0.1) is 0 Å². The first-order valence-electron chi connectivity index (χ1n) is 5.30. The summed E-state index contributed by atoms with van der Waals surface area (Å²) in [6, 6.07) is 2.10. The SMILES string of the molecule is c1cc2c(o1)C1(CCOCC1)NCC2. The van der Waals surface area contributed by atoms with Crippen molar-refractivity contribution in [2.45, 2.75) is 24.8 Å². The molecule has 1 saturated heterocycles. The van der Waals surface area contributed by atoms with E-state index in [2.05, 4.69) is 11.4 Å². The highest BCUT2D eigenvalue weighted by molar-refractivity contribution is 5.28. The predicted octanol–water partition coefficient (Wildman–Crippen LogP) is 1.43. The first kappa shape index (κ1) is 8.50. The molecule has 0 aliphatic carbocycles. The molecule has 2 aliphatic heterocycles. The molecule has 0 atom stereocenters. The van der Waals surface area contributed by atoms with E-state index in [-0.39, 0.29) is 5.54 Å². The monoisotopic (exact) mass is 193 g/mol. The summed E-state index contributed by atoms with van der Waals surface area (Å²) in [7, 11) is 0. The van der Waals surface area contributed by atoms with Crippen LogP contribution in [0.3, 0.4) is 0 Å². The van der Waals surface area contributed by atoms with Gasteiger partial charge in [-0.1, -0.05) is 0 Å². The maximum Gasteiger partial charge on any atom is 0.127 e. The minimum atomic E-state index is 0.0787. The van der Waals surface area contributed by atoms with Crippen LogP contribution in [0.1, 0.15) is 24.2 Å². The Morgan fingerprint density at radius 2 is 2.14 bits per heavy atom. The lowest BCUT2D eigenvalue weighted by Crippen LogP contribution is -2.50. The van der Waals surface area contributed by atoms with Gasteiger partial charge in [-0.3, -0.25) is 0 Å². The Morgan fingerprint density at radius 1 is 1.29 bits per heavy atom. The summed E-state index contributed by atoms with van der Waals surface area (Å²) in [6.45, 7) is 2.74. The highest BCUT2D eigenvalue weighted by atomic mass is 16.5. The molecule has 0 radical (unpaired) electrons. The van der Waals surface area contributed by atoms with Crippen molar-refractivity contribution in [2.24, 2.45) is 0 Å². The van der Waals surface area contributed by atoms with Crippen LogP contribution in [0.4, 0.5) is 0 Å². The molecule has 0 bridgehead atoms. The molecule has 2 aliphatic rings. The number of fused-ring (bicyclic) bond motifs is 2. The van der Waals surface area contributed by atoms with Gasteiger partial charge in [0.15, 0.2) is 0 Å². The summed E-state index contributed by atoms with van der Waals surface area (Å²) < 4.78 is 11.0. The van der Waals surface area contributed by atoms with Crippen molar-refractivity contribution >= 4 is 0 Å². The largest absolute Gasteiger partial charge is 0.467 e. The van der Waals surface area contributed by atoms with Crippen LogP contribution < -0.4 is 5.32 Å². The summed E-state index contributed by atoms with van der Waals surface area (Å²) in [6.07, 6.45) is 4.98. The molecule has 0 amide bonds. The van der Waals surface area contributed by atoms with E-state index in [1.807, 2.05) is 6.26 Å². The summed E-state index contributed by atoms with van der Waals surface area (Å²) >= 11 is 0. The smallest absolute Gasteiger partial charge is 0.127 e. The summed E-state index contributed by atoms with van der Waals surface area (Å²) in [5.74, 6) is 1.16. The van der Waals surface area contributed by atoms with Crippen molar-refractivity contribution in [1.82, 2.24) is 5.32 Å². The van der Waals surface area contributed by atoms with Gasteiger partial charge in [-0.05, 0) is 30.9 Å². The highest BCUT2D eigenvalue weighted by Crippen LogP contribution is 2.37. The molecule has 14 heavy (non-hydrogen) atoms. The maximum atomic E-state index is 5.63. The number of nitrogens with one attached hydrogen (secondary N) is 1. The standard InChI is InChI=1S/C11H15NO2/c1-5-12-11(3-7-13-8-4-11)10-9(1)2-6-14-10/h2,6,12H,1,3-5,7-8H2. The van der Waals surface area contributed by atoms with Gasteiger partial charge in [0.1, 0.15) is 5.76 Å². The highest BCUT2D eigenvalue weighted by Gasteiger charge is 2.40. The third-order valence-electron chi connectivity index (χ3n) is 3.39. The quantitative estimate of drug-likeness (QED) is 0.677. The maximum absolute atomic E-state index is 5.63. The second kappa shape index (κ2) is 3.11. The van der Waals surface area contributed by atoms with Crippen molar-refractivity contribution in [2.75, 3.05) is 19.8 Å². The number of furan rings is 1. The molecule has 76 valence electrons. The van der Waals surface area contributed by atoms with E-state index >= 15 is 0 Å². The van der Waals surface area contributed by atoms with Crippen LogP contribution in [0.25, 0.3) is 0 Å². The average molecular weight is 193 g/mol. The minimum absolute atomic E-state index is 0.0787. The number of hydrogen-bond acceptors (Lipinski definition) is 3. The molecule has 1 spiro atoms. The molecule has 1 fully saturated rings. The van der Waals surface area contributed by atoms with E-state index in [9.17, 15) is 0 Å². The minimum Gasteiger partial charge on any atom is -0.467 e. The van der Waals surface area contributed by atoms with Gasteiger partial charge < -0.3 is 14.5 Å². The molecule has 3 heteroatoms.